The van der Waals surface area contributed by atoms with Gasteiger partial charge in [0.05, 0.1) is 13.3 Å². The summed E-state index contributed by atoms with van der Waals surface area (Å²) >= 11 is 4.49. The highest BCUT2D eigenvalue weighted by atomic mass is 127. The van der Waals surface area contributed by atoms with E-state index < -0.39 is 7.60 Å². The van der Waals surface area contributed by atoms with Crippen molar-refractivity contribution in [1.29, 1.82) is 0 Å². The number of benzene rings is 2. The topological polar surface area (TPSA) is 87.0 Å². The van der Waals surface area contributed by atoms with Crippen LogP contribution in [0.2, 0.25) is 0 Å². The second-order valence-electron chi connectivity index (χ2n) is 5.83. The Labute approximate surface area is 180 Å². The number of phenols is 1. The molecule has 142 valence electrons. The van der Waals surface area contributed by atoms with Gasteiger partial charge in [-0.15, -0.1) is 0 Å². The normalized spacial score (nSPS) is 11.6. The van der Waals surface area contributed by atoms with Crippen molar-refractivity contribution >= 4 is 52.8 Å². The van der Waals surface area contributed by atoms with Crippen molar-refractivity contribution in [3.05, 3.63) is 48.1 Å². The fourth-order valence-electron chi connectivity index (χ4n) is 2.84. The number of hydrogen-bond acceptors (Lipinski definition) is 3. The number of ether oxygens (including phenoxy) is 1. The van der Waals surface area contributed by atoms with Crippen LogP contribution in [0.5, 0.6) is 17.2 Å². The van der Waals surface area contributed by atoms with Crippen molar-refractivity contribution < 1.29 is 24.2 Å². The van der Waals surface area contributed by atoms with Gasteiger partial charge in [-0.3, -0.25) is 4.57 Å². The smallest absolute Gasteiger partial charge is 0.325 e. The molecule has 0 aliphatic heterocycles. The lowest BCUT2D eigenvalue weighted by Crippen LogP contribution is -2.09. The van der Waals surface area contributed by atoms with Gasteiger partial charge in [-0.2, -0.15) is 0 Å². The third-order valence-corrected chi connectivity index (χ3v) is 7.16. The molecule has 0 amide bonds. The Morgan fingerprint density at radius 3 is 1.88 bits per heavy atom. The second kappa shape index (κ2) is 9.23. The summed E-state index contributed by atoms with van der Waals surface area (Å²) in [6.07, 6.45) is 1.70. The number of rotatable bonds is 7. The van der Waals surface area contributed by atoms with Crippen LogP contribution < -0.4 is 4.74 Å². The summed E-state index contributed by atoms with van der Waals surface area (Å²) in [6, 6.07) is 6.57. The molecule has 26 heavy (non-hydrogen) atoms. The first-order valence-corrected chi connectivity index (χ1v) is 12.2. The molecule has 2 rings (SSSR count). The number of phenolic OH excluding ortho intramolecular Hbond substituents is 1. The summed E-state index contributed by atoms with van der Waals surface area (Å²) in [6.45, 7) is 4.07. The van der Waals surface area contributed by atoms with Gasteiger partial charge >= 0.3 is 7.60 Å². The van der Waals surface area contributed by atoms with Crippen LogP contribution in [0.3, 0.4) is 0 Å². The van der Waals surface area contributed by atoms with E-state index in [2.05, 4.69) is 45.2 Å². The Morgan fingerprint density at radius 1 is 0.962 bits per heavy atom. The van der Waals surface area contributed by atoms with Gasteiger partial charge in [0.1, 0.15) is 11.5 Å². The molecule has 0 aliphatic rings. The summed E-state index contributed by atoms with van der Waals surface area (Å²) in [5.74, 6) is 1.56. The molecule has 0 atom stereocenters. The van der Waals surface area contributed by atoms with E-state index in [0.29, 0.717) is 12.2 Å². The summed E-state index contributed by atoms with van der Waals surface area (Å²) in [4.78, 5) is 18.6. The monoisotopic (exact) mass is 602 g/mol. The second-order valence-corrected chi connectivity index (χ2v) is 9.77. The van der Waals surface area contributed by atoms with Gasteiger partial charge in [0.15, 0.2) is 5.75 Å². The average Bonchev–Trinajstić information content (AvgIpc) is 2.57. The maximum Gasteiger partial charge on any atom is 0.325 e. The third-order valence-electron chi connectivity index (χ3n) is 4.07. The molecule has 8 heteroatoms. The molecule has 2 aromatic rings. The Bertz CT molecular complexity index is 799. The highest BCUT2D eigenvalue weighted by Gasteiger charge is 2.23. The van der Waals surface area contributed by atoms with Crippen LogP contribution in [0.4, 0.5) is 0 Å². The van der Waals surface area contributed by atoms with E-state index >= 15 is 0 Å². The molecule has 0 heterocycles. The fraction of sp³-hybridized carbons (Fsp3) is 0.333. The van der Waals surface area contributed by atoms with Crippen molar-refractivity contribution in [2.75, 3.05) is 6.16 Å². The Kier molecular flexibility index (Phi) is 7.79. The van der Waals surface area contributed by atoms with E-state index in [1.54, 1.807) is 24.3 Å². The van der Waals surface area contributed by atoms with Gasteiger partial charge in [-0.25, -0.2) is 0 Å². The van der Waals surface area contributed by atoms with E-state index in [-0.39, 0.29) is 11.9 Å². The Morgan fingerprint density at radius 2 is 1.46 bits per heavy atom. The lowest BCUT2D eigenvalue weighted by molar-refractivity contribution is 0.373. The highest BCUT2D eigenvalue weighted by Crippen LogP contribution is 2.42. The first-order valence-electron chi connectivity index (χ1n) is 8.20. The zero-order chi connectivity index (χ0) is 19.5. The largest absolute Gasteiger partial charge is 0.508 e. The molecular weight excluding hydrogens is 581 g/mol. The molecule has 2 aromatic carbocycles. The molecular formula is C18H21I2O5P. The molecule has 0 aliphatic carbocycles. The van der Waals surface area contributed by atoms with Crippen molar-refractivity contribution in [3.8, 4) is 17.2 Å². The summed E-state index contributed by atoms with van der Waals surface area (Å²) in [5.41, 5.74) is 3.17. The number of aromatic hydroxyl groups is 1. The minimum atomic E-state index is -4.05. The minimum absolute atomic E-state index is 0.155. The molecule has 3 N–H and O–H groups in total. The van der Waals surface area contributed by atoms with Gasteiger partial charge in [0, 0.05) is 0 Å². The molecule has 0 bridgehead atoms. The van der Waals surface area contributed by atoms with E-state index in [1.165, 1.54) is 0 Å². The van der Waals surface area contributed by atoms with Crippen molar-refractivity contribution in [2.24, 2.45) is 0 Å². The van der Waals surface area contributed by atoms with Crippen LogP contribution in [0.15, 0.2) is 24.3 Å². The fourth-order valence-corrected chi connectivity index (χ4v) is 6.04. The Balaban J connectivity index is 2.53. The first-order chi connectivity index (χ1) is 12.2. The van der Waals surface area contributed by atoms with Crippen LogP contribution in [-0.2, 0) is 23.8 Å². The molecule has 0 aromatic heterocycles. The van der Waals surface area contributed by atoms with Gasteiger partial charge in [0.2, 0.25) is 0 Å². The molecule has 0 unspecified atom stereocenters. The van der Waals surface area contributed by atoms with E-state index in [9.17, 15) is 19.5 Å². The summed E-state index contributed by atoms with van der Waals surface area (Å²) < 4.78 is 19.4. The standard InChI is InChI=1S/C18H21I2O5P/c1-3-13-15(9-10-26(22,23)24)14(4-2)17(20)18(16(13)19)25-12-7-5-11(21)6-8-12/h5-8,21H,3-4,9-10H2,1-2H3,(H2,22,23,24). The van der Waals surface area contributed by atoms with Gasteiger partial charge in [-0.1, -0.05) is 13.8 Å². The molecule has 0 spiro atoms. The third kappa shape index (κ3) is 5.34. The zero-order valence-electron chi connectivity index (χ0n) is 14.5. The SMILES string of the molecule is CCc1c(I)c(Oc2ccc(O)cc2)c(I)c(CC)c1CCP(=O)(O)O. The van der Waals surface area contributed by atoms with E-state index in [1.807, 2.05) is 13.8 Å². The lowest BCUT2D eigenvalue weighted by Gasteiger charge is -2.21. The Hall–Kier alpha value is -0.350. The lowest BCUT2D eigenvalue weighted by atomic mass is 9.95. The van der Waals surface area contributed by atoms with Crippen molar-refractivity contribution in [2.45, 2.75) is 33.1 Å². The summed E-state index contributed by atoms with van der Waals surface area (Å²) in [7, 11) is -4.05. The maximum atomic E-state index is 11.4. The van der Waals surface area contributed by atoms with Gasteiger partial charge in [0.25, 0.3) is 0 Å². The van der Waals surface area contributed by atoms with Crippen LogP contribution in [-0.4, -0.2) is 21.1 Å². The van der Waals surface area contributed by atoms with Gasteiger partial charge < -0.3 is 19.6 Å². The van der Waals surface area contributed by atoms with Gasteiger partial charge in [-0.05, 0) is 105 Å². The number of halogens is 2. The minimum Gasteiger partial charge on any atom is -0.508 e. The van der Waals surface area contributed by atoms with Crippen LogP contribution in [0.1, 0.15) is 30.5 Å². The average molecular weight is 602 g/mol. The molecule has 0 fully saturated rings. The quantitative estimate of drug-likeness (QED) is 0.299. The van der Waals surface area contributed by atoms with E-state index in [0.717, 1.165) is 42.4 Å². The first kappa shape index (κ1) is 21.9. The predicted molar refractivity (Wildman–Crippen MR) is 119 cm³/mol. The number of hydrogen-bond donors (Lipinski definition) is 3. The maximum absolute atomic E-state index is 11.4. The van der Waals surface area contributed by atoms with Crippen LogP contribution in [0.25, 0.3) is 0 Å². The molecule has 5 nitrogen and oxygen atoms in total. The molecule has 0 radical (unpaired) electrons. The van der Waals surface area contributed by atoms with Crippen molar-refractivity contribution in [3.63, 3.8) is 0 Å². The molecule has 0 saturated heterocycles. The van der Waals surface area contributed by atoms with Crippen molar-refractivity contribution in [1.82, 2.24) is 0 Å². The highest BCUT2D eigenvalue weighted by molar-refractivity contribution is 14.1. The molecule has 0 saturated carbocycles. The predicted octanol–water partition coefficient (Wildman–Crippen LogP) is 5.24. The zero-order valence-corrected chi connectivity index (χ0v) is 19.7. The van der Waals surface area contributed by atoms with Crippen LogP contribution >= 0.6 is 52.8 Å². The van der Waals surface area contributed by atoms with Crippen LogP contribution in [0, 0.1) is 7.14 Å². The van der Waals surface area contributed by atoms with E-state index in [4.69, 9.17) is 4.74 Å². The summed E-state index contributed by atoms with van der Waals surface area (Å²) in [5, 5.41) is 9.44.